The highest BCUT2D eigenvalue weighted by molar-refractivity contribution is 8.07. The van der Waals surface area contributed by atoms with Crippen molar-refractivity contribution in [2.75, 3.05) is 24.7 Å². The zero-order valence-corrected chi connectivity index (χ0v) is 24.1. The molecule has 2 unspecified atom stereocenters. The number of ether oxygens (including phenoxy) is 2. The molecule has 0 spiro atoms. The Balaban J connectivity index is 1.14. The molecule has 42 heavy (non-hydrogen) atoms. The molecule has 22 heteroatoms. The molecule has 6 rings (SSSR count). The lowest BCUT2D eigenvalue weighted by atomic mass is 10.2. The third-order valence-corrected chi connectivity index (χ3v) is 8.67. The van der Waals surface area contributed by atoms with Crippen molar-refractivity contribution in [2.45, 2.75) is 50.0 Å². The molecule has 4 aromatic rings. The average Bonchev–Trinajstić information content (AvgIpc) is 3.72. The van der Waals surface area contributed by atoms with E-state index in [1.54, 1.807) is 10.9 Å². The van der Waals surface area contributed by atoms with Gasteiger partial charge < -0.3 is 34.9 Å². The van der Waals surface area contributed by atoms with Crippen LogP contribution < -0.4 is 17.0 Å². The van der Waals surface area contributed by atoms with Crippen LogP contribution in [-0.2, 0) is 39.4 Å². The normalized spacial score (nSPS) is 26.2. The molecule has 0 bridgehead atoms. The highest BCUT2D eigenvalue weighted by atomic mass is 32.5. The van der Waals surface area contributed by atoms with Crippen LogP contribution in [0.25, 0.3) is 22.3 Å². The first-order chi connectivity index (χ1) is 20.1. The Bertz CT molecular complexity index is 1750. The lowest BCUT2D eigenvalue weighted by molar-refractivity contribution is -0.0471. The summed E-state index contributed by atoms with van der Waals surface area (Å²) in [7, 11) is -2.88. The predicted octanol–water partition coefficient (Wildman–Crippen LogP) is 0.374. The van der Waals surface area contributed by atoms with Crippen LogP contribution >= 0.6 is 15.0 Å². The van der Waals surface area contributed by atoms with Crippen LogP contribution in [0.1, 0.15) is 31.7 Å². The highest BCUT2D eigenvalue weighted by Crippen LogP contribution is 2.50. The number of H-pyrrole nitrogens is 1. The number of anilines is 2. The summed E-state index contributed by atoms with van der Waals surface area (Å²) < 4.78 is 42.6. The number of nitrogen functional groups attached to an aromatic ring is 2. The lowest BCUT2D eigenvalue weighted by Crippen LogP contribution is -2.23. The van der Waals surface area contributed by atoms with Crippen molar-refractivity contribution in [3.8, 4) is 0 Å². The fourth-order valence-electron chi connectivity index (χ4n) is 4.91. The Morgan fingerprint density at radius 3 is 2.69 bits per heavy atom. The van der Waals surface area contributed by atoms with Gasteiger partial charge in [-0.25, -0.2) is 19.9 Å². The zero-order chi connectivity index (χ0) is 29.6. The van der Waals surface area contributed by atoms with Crippen LogP contribution in [0.5, 0.6) is 0 Å². The molecule has 0 saturated carbocycles. The van der Waals surface area contributed by atoms with E-state index >= 15 is 0 Å². The van der Waals surface area contributed by atoms with Crippen molar-refractivity contribution in [3.63, 3.8) is 0 Å². The van der Waals surface area contributed by atoms with Crippen molar-refractivity contribution in [1.29, 1.82) is 0 Å². The van der Waals surface area contributed by atoms with Crippen LogP contribution in [0.2, 0.25) is 0 Å². The Kier molecular flexibility index (Phi) is 8.01. The Morgan fingerprint density at radius 1 is 1.10 bits per heavy atom. The number of hydrogen-bond acceptors (Lipinski definition) is 15. The maximum Gasteiger partial charge on any atom is 0.694 e. The predicted molar refractivity (Wildman–Crippen MR) is 147 cm³/mol. The van der Waals surface area contributed by atoms with Gasteiger partial charge in [0, 0.05) is 11.0 Å². The summed E-state index contributed by atoms with van der Waals surface area (Å²) in [5.41, 5.74) is 12.1. The first kappa shape index (κ1) is 29.1. The summed E-state index contributed by atoms with van der Waals surface area (Å²) in [5, 5.41) is 0. The number of fused-ring (bicyclic) bond motifs is 2. The van der Waals surface area contributed by atoms with Crippen LogP contribution in [0.4, 0.5) is 11.8 Å². The van der Waals surface area contributed by atoms with Gasteiger partial charge in [0.05, 0.1) is 31.5 Å². The molecule has 224 valence electrons. The van der Waals surface area contributed by atoms with Gasteiger partial charge in [-0.3, -0.25) is 18.9 Å². The minimum absolute atomic E-state index is 0.00266. The molecule has 7 atom stereocenters. The molecule has 6 heterocycles. The topological polar surface area (TPSA) is 263 Å². The first-order valence-corrected chi connectivity index (χ1v) is 16.2. The zero-order valence-electron chi connectivity index (χ0n) is 21.5. The van der Waals surface area contributed by atoms with Crippen LogP contribution in [-0.4, -0.2) is 80.4 Å². The SMILES string of the molecule is Nc1nc2c(ncn2[C@@H]2O[C@H](CO[P+](=O)O)C[C@H]2OP(O)(=S)OC[C@@H]2CC[C@H](n3cnc4c(N)ncnc43)O2)c(=O)[nH]1. The number of imidazole rings is 2. The maximum atomic E-state index is 12.3. The monoisotopic (exact) mass is 643 g/mol. The summed E-state index contributed by atoms with van der Waals surface area (Å²) in [6.45, 7) is -4.20. The Labute approximate surface area is 241 Å². The summed E-state index contributed by atoms with van der Waals surface area (Å²) in [5.74, 6) is 0.115. The molecule has 0 aliphatic carbocycles. The molecule has 19 nitrogen and oxygen atoms in total. The van der Waals surface area contributed by atoms with Gasteiger partial charge in [-0.1, -0.05) is 0 Å². The van der Waals surface area contributed by atoms with Crippen LogP contribution in [0, 0.1) is 0 Å². The number of rotatable bonds is 10. The van der Waals surface area contributed by atoms with Crippen LogP contribution in [0.15, 0.2) is 23.8 Å². The van der Waals surface area contributed by atoms with E-state index in [-0.39, 0.29) is 48.8 Å². The first-order valence-electron chi connectivity index (χ1n) is 12.5. The molecule has 2 saturated heterocycles. The van der Waals surface area contributed by atoms with E-state index in [2.05, 4.69) is 29.9 Å². The molecule has 0 aromatic carbocycles. The molecule has 2 aliphatic heterocycles. The number of aromatic nitrogens is 8. The Morgan fingerprint density at radius 2 is 1.88 bits per heavy atom. The van der Waals surface area contributed by atoms with Crippen molar-refractivity contribution in [3.05, 3.63) is 29.3 Å². The fraction of sp³-hybridized carbons (Fsp3) is 0.500. The van der Waals surface area contributed by atoms with Gasteiger partial charge in [0.1, 0.15) is 30.8 Å². The van der Waals surface area contributed by atoms with Crippen LogP contribution in [0.3, 0.4) is 0 Å². The molecule has 2 fully saturated rings. The van der Waals surface area contributed by atoms with Crippen molar-refractivity contribution >= 4 is 60.9 Å². The second-order valence-corrected chi connectivity index (χ2v) is 13.0. The summed E-state index contributed by atoms with van der Waals surface area (Å²) in [6, 6.07) is 0. The Hall–Kier alpha value is -3.03. The van der Waals surface area contributed by atoms with E-state index in [0.29, 0.717) is 24.0 Å². The molecule has 2 aliphatic rings. The summed E-state index contributed by atoms with van der Waals surface area (Å²) in [6.07, 6.45) is 2.04. The van der Waals surface area contributed by atoms with Crippen molar-refractivity contribution in [1.82, 2.24) is 39.0 Å². The van der Waals surface area contributed by atoms with Crippen molar-refractivity contribution < 1.29 is 37.4 Å². The molecule has 4 aromatic heterocycles. The minimum atomic E-state index is -3.88. The van der Waals surface area contributed by atoms with E-state index in [0.717, 1.165) is 0 Å². The molecule has 7 N–H and O–H groups in total. The van der Waals surface area contributed by atoms with E-state index in [9.17, 15) is 14.3 Å². The lowest BCUT2D eigenvalue weighted by Gasteiger charge is -2.25. The molecular formula is C20H25N10O9P2S+. The van der Waals surface area contributed by atoms with E-state index in [1.807, 2.05) is 0 Å². The number of nitrogens with one attached hydrogen (secondary N) is 1. The molecule has 0 radical (unpaired) electrons. The standard InChI is InChI=1S/C20H24N10O9P2S/c21-15-13-16(24-6-23-15)29(7-25-13)12-2-1-9(37-12)5-36-41(34,42)39-11-3-10(4-35-40(32)33)38-19(11)30-8-26-14-17(30)27-20(22)28-18(14)31/h6-12,19H,1-5H2,(H6-,21,22,23,24,27,28,31,32,33,34,42)/p+1/t9-,10-,11+,12+,19+,41?/m0/s1. The number of hydrogen-bond donors (Lipinski definition) is 5. The fourth-order valence-corrected chi connectivity index (χ4v) is 6.67. The molecular weight excluding hydrogens is 618 g/mol. The summed E-state index contributed by atoms with van der Waals surface area (Å²) >= 11 is 5.30. The second kappa shape index (κ2) is 11.6. The van der Waals surface area contributed by atoms with E-state index in [4.69, 9.17) is 51.2 Å². The van der Waals surface area contributed by atoms with E-state index in [1.165, 1.54) is 17.2 Å². The number of aromatic amines is 1. The minimum Gasteiger partial charge on any atom is -0.382 e. The number of nitrogens with two attached hydrogens (primary N) is 2. The van der Waals surface area contributed by atoms with Gasteiger partial charge in [0.25, 0.3) is 5.56 Å². The van der Waals surface area contributed by atoms with Crippen molar-refractivity contribution in [2.24, 2.45) is 0 Å². The van der Waals surface area contributed by atoms with Gasteiger partial charge in [0.2, 0.25) is 5.95 Å². The third-order valence-electron chi connectivity index (χ3n) is 6.72. The van der Waals surface area contributed by atoms with Gasteiger partial charge in [-0.15, -0.1) is 9.42 Å². The maximum absolute atomic E-state index is 12.3. The largest absolute Gasteiger partial charge is 0.694 e. The highest BCUT2D eigenvalue weighted by Gasteiger charge is 2.43. The molecule has 0 amide bonds. The summed E-state index contributed by atoms with van der Waals surface area (Å²) in [4.78, 5) is 55.3. The van der Waals surface area contributed by atoms with Gasteiger partial charge >= 0.3 is 15.0 Å². The van der Waals surface area contributed by atoms with Gasteiger partial charge in [0.15, 0.2) is 28.9 Å². The van der Waals surface area contributed by atoms with Gasteiger partial charge in [-0.2, -0.15) is 4.98 Å². The third kappa shape index (κ3) is 5.91. The van der Waals surface area contributed by atoms with Gasteiger partial charge in [-0.05, 0) is 24.6 Å². The smallest absolute Gasteiger partial charge is 0.382 e. The quantitative estimate of drug-likeness (QED) is 0.146. The number of nitrogens with zero attached hydrogens (tertiary/aromatic N) is 7. The average molecular weight is 643 g/mol. The second-order valence-electron chi connectivity index (χ2n) is 9.47. The van der Waals surface area contributed by atoms with E-state index < -0.39 is 45.1 Å².